The van der Waals surface area contributed by atoms with Gasteiger partial charge in [-0.25, -0.2) is 0 Å². The Morgan fingerprint density at radius 3 is 1.14 bits per heavy atom. The van der Waals surface area contributed by atoms with E-state index in [0.29, 0.717) is 0 Å². The summed E-state index contributed by atoms with van der Waals surface area (Å²) in [5.41, 5.74) is 2.10. The van der Waals surface area contributed by atoms with Gasteiger partial charge in [-0.15, -0.1) is 0 Å². The fraction of sp³-hybridized carbons (Fsp3) is 0.368. The molecule has 0 aromatic heterocycles. The molecule has 2 rings (SSSR count). The number of hydrogen-bond acceptors (Lipinski definition) is 2. The van der Waals surface area contributed by atoms with Gasteiger partial charge < -0.3 is 10.2 Å². The zero-order valence-electron chi connectivity index (χ0n) is 13.6. The van der Waals surface area contributed by atoms with Crippen LogP contribution in [0.5, 0.6) is 11.5 Å². The number of hydrogen-bond donors (Lipinski definition) is 2. The van der Waals surface area contributed by atoms with Crippen molar-refractivity contribution in [1.82, 2.24) is 0 Å². The summed E-state index contributed by atoms with van der Waals surface area (Å²) >= 11 is 0. The first kappa shape index (κ1) is 17.1. The van der Waals surface area contributed by atoms with Crippen molar-refractivity contribution in [2.24, 2.45) is 5.92 Å². The van der Waals surface area contributed by atoms with Gasteiger partial charge in [0.2, 0.25) is 0 Å². The fourth-order valence-electron chi connectivity index (χ4n) is 1.92. The van der Waals surface area contributed by atoms with Crippen LogP contribution in [0.4, 0.5) is 0 Å². The largest absolute Gasteiger partial charge is 0.508 e. The third-order valence-corrected chi connectivity index (χ3v) is 3.18. The molecule has 0 saturated carbocycles. The molecule has 0 spiro atoms. The summed E-state index contributed by atoms with van der Waals surface area (Å²) in [5.74, 6) is 1.38. The lowest BCUT2D eigenvalue weighted by atomic mass is 9.78. The molecule has 0 aliphatic rings. The second-order valence-corrected chi connectivity index (χ2v) is 6.45. The Morgan fingerprint density at radius 1 is 0.667 bits per heavy atom. The van der Waals surface area contributed by atoms with Gasteiger partial charge in [-0.05, 0) is 41.3 Å². The highest BCUT2D eigenvalue weighted by atomic mass is 16.3. The van der Waals surface area contributed by atoms with Gasteiger partial charge in [-0.3, -0.25) is 0 Å². The second-order valence-electron chi connectivity index (χ2n) is 6.45. The summed E-state index contributed by atoms with van der Waals surface area (Å²) in [7, 11) is 0. The van der Waals surface area contributed by atoms with Gasteiger partial charge in [0.1, 0.15) is 11.5 Å². The standard InChI is InChI=1S/C15H16O2.C4H10/c1-15(2,11-3-7-13(16)8-4-11)12-5-9-14(17)10-6-12;1-4(2)3/h3-10,16-17H,1-2H3;4H,1-3H3. The molecule has 2 aromatic carbocycles. The zero-order valence-corrected chi connectivity index (χ0v) is 13.6. The minimum absolute atomic E-state index is 0.151. The van der Waals surface area contributed by atoms with E-state index in [4.69, 9.17) is 0 Å². The lowest BCUT2D eigenvalue weighted by Gasteiger charge is -2.26. The zero-order chi connectivity index (χ0) is 16.0. The molecule has 0 bridgehead atoms. The number of aromatic hydroxyl groups is 2. The van der Waals surface area contributed by atoms with E-state index in [0.717, 1.165) is 17.0 Å². The normalized spacial score (nSPS) is 11.0. The van der Waals surface area contributed by atoms with Crippen LogP contribution in [-0.2, 0) is 5.41 Å². The Hall–Kier alpha value is -1.96. The molecule has 0 amide bonds. The Kier molecular flexibility index (Phi) is 5.83. The molecule has 0 saturated heterocycles. The molecule has 0 atom stereocenters. The molecule has 0 aliphatic carbocycles. The maximum Gasteiger partial charge on any atom is 0.115 e. The van der Waals surface area contributed by atoms with Gasteiger partial charge in [-0.2, -0.15) is 0 Å². The second kappa shape index (κ2) is 7.16. The van der Waals surface area contributed by atoms with Crippen LogP contribution in [-0.4, -0.2) is 10.2 Å². The maximum absolute atomic E-state index is 9.30. The molecular weight excluding hydrogens is 260 g/mol. The molecule has 2 heteroatoms. The molecule has 0 heterocycles. The van der Waals surface area contributed by atoms with E-state index in [2.05, 4.69) is 34.6 Å². The van der Waals surface area contributed by atoms with E-state index in [1.807, 2.05) is 24.3 Å². The molecule has 0 radical (unpaired) electrons. The van der Waals surface area contributed by atoms with Gasteiger partial charge in [0.05, 0.1) is 0 Å². The molecule has 0 fully saturated rings. The summed E-state index contributed by atoms with van der Waals surface area (Å²) in [5, 5.41) is 18.6. The monoisotopic (exact) mass is 286 g/mol. The molecule has 0 aliphatic heterocycles. The number of phenols is 2. The van der Waals surface area contributed by atoms with Crippen molar-refractivity contribution < 1.29 is 10.2 Å². The third kappa shape index (κ3) is 5.14. The van der Waals surface area contributed by atoms with E-state index >= 15 is 0 Å². The smallest absolute Gasteiger partial charge is 0.115 e. The maximum atomic E-state index is 9.30. The molecule has 21 heavy (non-hydrogen) atoms. The minimum atomic E-state index is -0.151. The number of phenolic OH excluding ortho intramolecular Hbond substituents is 2. The summed E-state index contributed by atoms with van der Waals surface area (Å²) in [6.45, 7) is 10.7. The van der Waals surface area contributed by atoms with Gasteiger partial charge in [0, 0.05) is 5.41 Å². The first-order valence-corrected chi connectivity index (χ1v) is 7.32. The van der Waals surface area contributed by atoms with Crippen molar-refractivity contribution in [3.8, 4) is 11.5 Å². The lowest BCUT2D eigenvalue weighted by Crippen LogP contribution is -2.18. The van der Waals surface area contributed by atoms with Gasteiger partial charge in [0.25, 0.3) is 0 Å². The molecule has 2 aromatic rings. The highest BCUT2D eigenvalue weighted by molar-refractivity contribution is 5.41. The molecule has 114 valence electrons. The lowest BCUT2D eigenvalue weighted by molar-refractivity contribution is 0.474. The summed E-state index contributed by atoms with van der Waals surface area (Å²) in [6, 6.07) is 14.4. The Morgan fingerprint density at radius 2 is 0.905 bits per heavy atom. The topological polar surface area (TPSA) is 40.5 Å². The van der Waals surface area contributed by atoms with Crippen LogP contribution in [0.25, 0.3) is 0 Å². The van der Waals surface area contributed by atoms with Crippen molar-refractivity contribution in [1.29, 1.82) is 0 Å². The van der Waals surface area contributed by atoms with Crippen LogP contribution in [0.15, 0.2) is 48.5 Å². The fourth-order valence-corrected chi connectivity index (χ4v) is 1.92. The minimum Gasteiger partial charge on any atom is -0.508 e. The van der Waals surface area contributed by atoms with Crippen molar-refractivity contribution >= 4 is 0 Å². The Labute approximate surface area is 128 Å². The quantitative estimate of drug-likeness (QED) is 0.807. The van der Waals surface area contributed by atoms with E-state index < -0.39 is 0 Å². The van der Waals surface area contributed by atoms with Crippen LogP contribution in [0.1, 0.15) is 45.7 Å². The van der Waals surface area contributed by atoms with Gasteiger partial charge in [0.15, 0.2) is 0 Å². The number of rotatable bonds is 2. The highest BCUT2D eigenvalue weighted by Crippen LogP contribution is 2.32. The van der Waals surface area contributed by atoms with Crippen LogP contribution in [0.3, 0.4) is 0 Å². The van der Waals surface area contributed by atoms with E-state index in [-0.39, 0.29) is 16.9 Å². The van der Waals surface area contributed by atoms with E-state index in [1.54, 1.807) is 24.3 Å². The first-order chi connectivity index (χ1) is 9.73. The van der Waals surface area contributed by atoms with Gasteiger partial charge >= 0.3 is 0 Å². The average molecular weight is 286 g/mol. The highest BCUT2D eigenvalue weighted by Gasteiger charge is 2.22. The van der Waals surface area contributed by atoms with E-state index in [9.17, 15) is 10.2 Å². The van der Waals surface area contributed by atoms with Crippen LogP contribution in [0, 0.1) is 5.92 Å². The summed E-state index contributed by atoms with van der Waals surface area (Å²) < 4.78 is 0. The third-order valence-electron chi connectivity index (χ3n) is 3.18. The van der Waals surface area contributed by atoms with Crippen LogP contribution in [0.2, 0.25) is 0 Å². The molecule has 0 unspecified atom stereocenters. The van der Waals surface area contributed by atoms with Crippen LogP contribution >= 0.6 is 0 Å². The van der Waals surface area contributed by atoms with E-state index in [1.165, 1.54) is 0 Å². The Balaban J connectivity index is 0.000000491. The van der Waals surface area contributed by atoms with Crippen molar-refractivity contribution in [2.45, 2.75) is 40.0 Å². The predicted octanol–water partition coefficient (Wildman–Crippen LogP) is 5.09. The van der Waals surface area contributed by atoms with Crippen LogP contribution < -0.4 is 0 Å². The molecule has 2 N–H and O–H groups in total. The molecule has 2 nitrogen and oxygen atoms in total. The van der Waals surface area contributed by atoms with Crippen molar-refractivity contribution in [2.75, 3.05) is 0 Å². The summed E-state index contributed by atoms with van der Waals surface area (Å²) in [4.78, 5) is 0. The Bertz CT molecular complexity index is 487. The first-order valence-electron chi connectivity index (χ1n) is 7.32. The van der Waals surface area contributed by atoms with Crippen molar-refractivity contribution in [3.63, 3.8) is 0 Å². The predicted molar refractivity (Wildman–Crippen MR) is 88.9 cm³/mol. The van der Waals surface area contributed by atoms with Crippen molar-refractivity contribution in [3.05, 3.63) is 59.7 Å². The molecular formula is C19H26O2. The van der Waals surface area contributed by atoms with Gasteiger partial charge in [-0.1, -0.05) is 58.9 Å². The number of benzene rings is 2. The SMILES string of the molecule is CC(C)(c1ccc(O)cc1)c1ccc(O)cc1.CC(C)C. The average Bonchev–Trinajstić information content (AvgIpc) is 2.39. The summed E-state index contributed by atoms with van der Waals surface area (Å²) in [6.07, 6.45) is 0.